The maximum atomic E-state index is 12.5. The number of amides is 3. The Morgan fingerprint density at radius 1 is 1.24 bits per heavy atom. The highest BCUT2D eigenvalue weighted by molar-refractivity contribution is 6.00. The van der Waals surface area contributed by atoms with Crippen molar-refractivity contribution in [3.63, 3.8) is 0 Å². The summed E-state index contributed by atoms with van der Waals surface area (Å²) < 4.78 is 0. The Morgan fingerprint density at radius 3 is 2.43 bits per heavy atom. The second-order valence-corrected chi connectivity index (χ2v) is 5.80. The average Bonchev–Trinajstić information content (AvgIpc) is 2.42. The number of nitrogens with one attached hydrogen (secondary N) is 1. The third-order valence-corrected chi connectivity index (χ3v) is 3.67. The average molecular weight is 289 g/mol. The number of hydrogen-bond donors (Lipinski definition) is 1. The molecule has 0 saturated carbocycles. The van der Waals surface area contributed by atoms with Crippen LogP contribution in [0, 0.1) is 6.92 Å². The van der Waals surface area contributed by atoms with Crippen LogP contribution in [0.15, 0.2) is 24.3 Å². The summed E-state index contributed by atoms with van der Waals surface area (Å²) >= 11 is 0. The topological polar surface area (TPSA) is 52.6 Å². The van der Waals surface area contributed by atoms with E-state index in [0.717, 1.165) is 11.3 Å². The molecule has 5 heteroatoms. The molecule has 1 N–H and O–H groups in total. The van der Waals surface area contributed by atoms with Gasteiger partial charge in [-0.3, -0.25) is 4.79 Å². The van der Waals surface area contributed by atoms with Crippen LogP contribution in [0.2, 0.25) is 0 Å². The van der Waals surface area contributed by atoms with Crippen molar-refractivity contribution in [3.05, 3.63) is 29.8 Å². The van der Waals surface area contributed by atoms with Crippen LogP contribution in [0.4, 0.5) is 10.5 Å². The van der Waals surface area contributed by atoms with Gasteiger partial charge in [0.25, 0.3) is 0 Å². The van der Waals surface area contributed by atoms with Crippen LogP contribution in [0.3, 0.4) is 0 Å². The molecule has 0 bridgehead atoms. The Bertz CT molecular complexity index is 525. The maximum absolute atomic E-state index is 12.5. The Balaban J connectivity index is 2.10. The smallest absolute Gasteiger partial charge is 0.318 e. The van der Waals surface area contributed by atoms with Gasteiger partial charge >= 0.3 is 6.03 Å². The fourth-order valence-corrected chi connectivity index (χ4v) is 2.46. The molecular weight excluding hydrogens is 266 g/mol. The third kappa shape index (κ3) is 3.35. The zero-order valence-corrected chi connectivity index (χ0v) is 13.1. The van der Waals surface area contributed by atoms with Crippen molar-refractivity contribution in [2.75, 3.05) is 18.0 Å². The number of benzene rings is 1. The lowest BCUT2D eigenvalue weighted by molar-refractivity contribution is -0.124. The number of aryl methyl sites for hydroxylation is 1. The summed E-state index contributed by atoms with van der Waals surface area (Å²) in [6.45, 7) is 8.68. The predicted molar refractivity (Wildman–Crippen MR) is 83.4 cm³/mol. The monoisotopic (exact) mass is 289 g/mol. The summed E-state index contributed by atoms with van der Waals surface area (Å²) in [6, 6.07) is 7.33. The number of piperazine rings is 1. The Labute approximate surface area is 125 Å². The number of nitrogens with zero attached hydrogens (tertiary/aromatic N) is 2. The molecule has 1 atom stereocenters. The quantitative estimate of drug-likeness (QED) is 0.907. The normalized spacial score (nSPS) is 19.1. The van der Waals surface area contributed by atoms with Crippen molar-refractivity contribution in [1.29, 1.82) is 0 Å². The molecule has 1 aliphatic rings. The zero-order valence-electron chi connectivity index (χ0n) is 13.1. The van der Waals surface area contributed by atoms with Gasteiger partial charge in [0, 0.05) is 24.8 Å². The van der Waals surface area contributed by atoms with Crippen molar-refractivity contribution in [3.8, 4) is 0 Å². The summed E-state index contributed by atoms with van der Waals surface area (Å²) in [5.74, 6) is -0.0380. The van der Waals surface area contributed by atoms with E-state index in [9.17, 15) is 9.59 Å². The van der Waals surface area contributed by atoms with E-state index in [4.69, 9.17) is 0 Å². The number of anilines is 1. The van der Waals surface area contributed by atoms with E-state index in [0.29, 0.717) is 13.1 Å². The molecule has 1 unspecified atom stereocenters. The maximum Gasteiger partial charge on any atom is 0.318 e. The van der Waals surface area contributed by atoms with E-state index in [1.54, 1.807) is 16.7 Å². The van der Waals surface area contributed by atoms with Crippen molar-refractivity contribution >= 4 is 17.6 Å². The second kappa shape index (κ2) is 6.16. The van der Waals surface area contributed by atoms with Crippen LogP contribution >= 0.6 is 0 Å². The molecule has 21 heavy (non-hydrogen) atoms. The second-order valence-electron chi connectivity index (χ2n) is 5.80. The van der Waals surface area contributed by atoms with E-state index in [1.807, 2.05) is 45.0 Å². The first-order valence-electron chi connectivity index (χ1n) is 7.35. The summed E-state index contributed by atoms with van der Waals surface area (Å²) in [7, 11) is 0. The van der Waals surface area contributed by atoms with Crippen LogP contribution in [0.1, 0.15) is 26.3 Å². The van der Waals surface area contributed by atoms with E-state index in [2.05, 4.69) is 5.32 Å². The Kier molecular flexibility index (Phi) is 4.50. The molecule has 0 aromatic heterocycles. The van der Waals surface area contributed by atoms with Crippen LogP contribution in [-0.4, -0.2) is 42.0 Å². The molecule has 1 aromatic rings. The summed E-state index contributed by atoms with van der Waals surface area (Å²) in [5.41, 5.74) is 2.05. The minimum Gasteiger partial charge on any atom is -0.336 e. The van der Waals surface area contributed by atoms with Crippen molar-refractivity contribution in [2.24, 2.45) is 0 Å². The Morgan fingerprint density at radius 2 is 1.86 bits per heavy atom. The van der Waals surface area contributed by atoms with Crippen LogP contribution < -0.4 is 10.2 Å². The summed E-state index contributed by atoms with van der Waals surface area (Å²) in [4.78, 5) is 28.0. The molecule has 0 radical (unpaired) electrons. The van der Waals surface area contributed by atoms with Gasteiger partial charge in [0.1, 0.15) is 6.04 Å². The van der Waals surface area contributed by atoms with Crippen molar-refractivity contribution in [2.45, 2.75) is 39.8 Å². The molecule has 3 amide bonds. The molecule has 2 rings (SSSR count). The first kappa shape index (κ1) is 15.4. The van der Waals surface area contributed by atoms with Crippen molar-refractivity contribution in [1.82, 2.24) is 10.2 Å². The molecule has 1 aromatic carbocycles. The minimum atomic E-state index is -0.446. The molecule has 1 fully saturated rings. The van der Waals surface area contributed by atoms with E-state index >= 15 is 0 Å². The fraction of sp³-hybridized carbons (Fsp3) is 0.500. The fourth-order valence-electron chi connectivity index (χ4n) is 2.46. The number of rotatable bonds is 2. The molecule has 1 saturated heterocycles. The van der Waals surface area contributed by atoms with Gasteiger partial charge in [-0.15, -0.1) is 0 Å². The highest BCUT2D eigenvalue weighted by Crippen LogP contribution is 2.21. The first-order chi connectivity index (χ1) is 9.90. The highest BCUT2D eigenvalue weighted by Gasteiger charge is 2.35. The molecule has 0 spiro atoms. The number of carbonyl (C=O) groups is 2. The van der Waals surface area contributed by atoms with Gasteiger partial charge in [-0.25, -0.2) is 4.79 Å². The van der Waals surface area contributed by atoms with Crippen molar-refractivity contribution < 1.29 is 9.59 Å². The largest absolute Gasteiger partial charge is 0.336 e. The minimum absolute atomic E-state index is 0.0380. The number of urea groups is 1. The van der Waals surface area contributed by atoms with Crippen LogP contribution in [0.25, 0.3) is 0 Å². The van der Waals surface area contributed by atoms with E-state index < -0.39 is 6.04 Å². The molecule has 0 aliphatic carbocycles. The van der Waals surface area contributed by atoms with Gasteiger partial charge < -0.3 is 15.1 Å². The van der Waals surface area contributed by atoms with Crippen LogP contribution in [0.5, 0.6) is 0 Å². The molecule has 5 nitrogen and oxygen atoms in total. The SMILES string of the molecule is Cc1ccc(N2CCN(C(=O)NC(C)C)C(C)C2=O)cc1. The van der Waals surface area contributed by atoms with E-state index in [1.165, 1.54) is 0 Å². The van der Waals surface area contributed by atoms with Gasteiger partial charge in [0.15, 0.2) is 0 Å². The van der Waals surface area contributed by atoms with Gasteiger partial charge in [-0.2, -0.15) is 0 Å². The zero-order chi connectivity index (χ0) is 15.6. The summed E-state index contributed by atoms with van der Waals surface area (Å²) in [6.07, 6.45) is 0. The molecular formula is C16H23N3O2. The summed E-state index contributed by atoms with van der Waals surface area (Å²) in [5, 5.41) is 2.84. The number of hydrogen-bond acceptors (Lipinski definition) is 2. The molecule has 1 aliphatic heterocycles. The van der Waals surface area contributed by atoms with E-state index in [-0.39, 0.29) is 18.0 Å². The molecule has 114 valence electrons. The van der Waals surface area contributed by atoms with Gasteiger partial charge in [-0.1, -0.05) is 17.7 Å². The van der Waals surface area contributed by atoms with Gasteiger partial charge in [-0.05, 0) is 39.8 Å². The highest BCUT2D eigenvalue weighted by atomic mass is 16.2. The van der Waals surface area contributed by atoms with Gasteiger partial charge in [0.05, 0.1) is 0 Å². The first-order valence-corrected chi connectivity index (χ1v) is 7.35. The lowest BCUT2D eigenvalue weighted by Gasteiger charge is -2.39. The number of carbonyl (C=O) groups excluding carboxylic acids is 2. The standard InChI is InChI=1S/C16H23N3O2/c1-11(2)17-16(21)18-9-10-19(15(20)13(18)4)14-7-5-12(3)6-8-14/h5-8,11,13H,9-10H2,1-4H3,(H,17,21). The lowest BCUT2D eigenvalue weighted by atomic mass is 10.1. The van der Waals surface area contributed by atoms with Gasteiger partial charge in [0.2, 0.25) is 5.91 Å². The van der Waals surface area contributed by atoms with Crippen LogP contribution in [-0.2, 0) is 4.79 Å². The third-order valence-electron chi connectivity index (χ3n) is 3.67. The lowest BCUT2D eigenvalue weighted by Crippen LogP contribution is -2.60. The molecule has 1 heterocycles. The predicted octanol–water partition coefficient (Wildman–Crippen LogP) is 2.15. The Hall–Kier alpha value is -2.04.